The Balaban J connectivity index is 1.82. The summed E-state index contributed by atoms with van der Waals surface area (Å²) >= 11 is 0. The van der Waals surface area contributed by atoms with Crippen molar-refractivity contribution in [2.24, 2.45) is 0 Å². The smallest absolute Gasteiger partial charge is 0.0102 e. The summed E-state index contributed by atoms with van der Waals surface area (Å²) in [6, 6.07) is 11.2. The summed E-state index contributed by atoms with van der Waals surface area (Å²) in [7, 11) is 0. The fraction of sp³-hybridized carbons (Fsp3) is 0.385. The summed E-state index contributed by atoms with van der Waals surface area (Å²) in [5, 5.41) is 3.49. The molecular weight excluding hydrogens is 170 g/mol. The molecule has 1 atom stereocenters. The quantitative estimate of drug-likeness (QED) is 0.767. The van der Waals surface area contributed by atoms with E-state index in [0.29, 0.717) is 0 Å². The van der Waals surface area contributed by atoms with Crippen LogP contribution in [-0.2, 0) is 0 Å². The molecule has 2 rings (SSSR count). The van der Waals surface area contributed by atoms with Gasteiger partial charge in [0.1, 0.15) is 0 Å². The van der Waals surface area contributed by atoms with Crippen molar-refractivity contribution < 1.29 is 0 Å². The third-order valence-corrected chi connectivity index (χ3v) is 2.69. The molecule has 74 valence electrons. The van der Waals surface area contributed by atoms with Gasteiger partial charge in [-0.25, -0.2) is 0 Å². The van der Waals surface area contributed by atoms with Gasteiger partial charge in [-0.3, -0.25) is 0 Å². The first-order chi connectivity index (χ1) is 6.95. The predicted molar refractivity (Wildman–Crippen MR) is 61.1 cm³/mol. The fourth-order valence-electron chi connectivity index (χ4n) is 1.89. The van der Waals surface area contributed by atoms with Crippen LogP contribution >= 0.6 is 0 Å². The standard InChI is InChI=1S/C13H17N/c1-2-6-12(7-3-1)8-4-9-13-10-5-11-14-13/h1-4,6-8,13-14H,5,9-11H2/b8-4-. The molecule has 0 aliphatic carbocycles. The zero-order valence-corrected chi connectivity index (χ0v) is 8.45. The van der Waals surface area contributed by atoms with Gasteiger partial charge in [-0.2, -0.15) is 0 Å². The van der Waals surface area contributed by atoms with Gasteiger partial charge in [-0.15, -0.1) is 0 Å². The van der Waals surface area contributed by atoms with E-state index in [2.05, 4.69) is 47.8 Å². The molecule has 1 aromatic rings. The monoisotopic (exact) mass is 187 g/mol. The number of hydrogen-bond acceptors (Lipinski definition) is 1. The molecule has 1 aliphatic heterocycles. The second-order valence-corrected chi connectivity index (χ2v) is 3.84. The van der Waals surface area contributed by atoms with E-state index in [0.717, 1.165) is 12.5 Å². The van der Waals surface area contributed by atoms with E-state index < -0.39 is 0 Å². The molecule has 1 heterocycles. The first-order valence-electron chi connectivity index (χ1n) is 5.40. The Kier molecular flexibility index (Phi) is 3.36. The van der Waals surface area contributed by atoms with Gasteiger partial charge in [-0.05, 0) is 31.4 Å². The molecule has 0 radical (unpaired) electrons. The van der Waals surface area contributed by atoms with E-state index in [1.807, 2.05) is 0 Å². The van der Waals surface area contributed by atoms with Crippen LogP contribution in [0.2, 0.25) is 0 Å². The average molecular weight is 187 g/mol. The summed E-state index contributed by atoms with van der Waals surface area (Å²) in [5.74, 6) is 0. The highest BCUT2D eigenvalue weighted by molar-refractivity contribution is 5.48. The van der Waals surface area contributed by atoms with E-state index in [4.69, 9.17) is 0 Å². The molecule has 0 amide bonds. The van der Waals surface area contributed by atoms with Gasteiger partial charge < -0.3 is 5.32 Å². The third-order valence-electron chi connectivity index (χ3n) is 2.69. The van der Waals surface area contributed by atoms with Gasteiger partial charge in [0.2, 0.25) is 0 Å². The average Bonchev–Trinajstić information content (AvgIpc) is 2.72. The highest BCUT2D eigenvalue weighted by Gasteiger charge is 2.11. The minimum absolute atomic E-state index is 0.718. The van der Waals surface area contributed by atoms with Crippen molar-refractivity contribution in [1.29, 1.82) is 0 Å². The number of rotatable bonds is 3. The fourth-order valence-corrected chi connectivity index (χ4v) is 1.89. The molecule has 1 fully saturated rings. The normalized spacial score (nSPS) is 21.9. The zero-order valence-electron chi connectivity index (χ0n) is 8.45. The van der Waals surface area contributed by atoms with Crippen molar-refractivity contribution in [3.8, 4) is 0 Å². The van der Waals surface area contributed by atoms with Crippen LogP contribution in [0, 0.1) is 0 Å². The molecule has 0 bridgehead atoms. The minimum Gasteiger partial charge on any atom is -0.314 e. The van der Waals surface area contributed by atoms with Gasteiger partial charge in [-0.1, -0.05) is 42.5 Å². The number of benzene rings is 1. The number of hydrogen-bond donors (Lipinski definition) is 1. The minimum atomic E-state index is 0.718. The molecule has 1 unspecified atom stereocenters. The van der Waals surface area contributed by atoms with Crippen LogP contribution in [0.1, 0.15) is 24.8 Å². The summed E-state index contributed by atoms with van der Waals surface area (Å²) < 4.78 is 0. The lowest BCUT2D eigenvalue weighted by molar-refractivity contribution is 0.615. The maximum atomic E-state index is 3.49. The van der Waals surface area contributed by atoms with Crippen LogP contribution in [0.15, 0.2) is 36.4 Å². The van der Waals surface area contributed by atoms with Crippen molar-refractivity contribution in [1.82, 2.24) is 5.32 Å². The van der Waals surface area contributed by atoms with Crippen LogP contribution in [0.3, 0.4) is 0 Å². The van der Waals surface area contributed by atoms with Crippen LogP contribution < -0.4 is 5.32 Å². The third kappa shape index (κ3) is 2.71. The molecule has 1 aromatic carbocycles. The number of nitrogens with one attached hydrogen (secondary N) is 1. The van der Waals surface area contributed by atoms with Crippen molar-refractivity contribution in [2.75, 3.05) is 6.54 Å². The van der Waals surface area contributed by atoms with E-state index in [1.54, 1.807) is 0 Å². The zero-order chi connectivity index (χ0) is 9.64. The second-order valence-electron chi connectivity index (χ2n) is 3.84. The van der Waals surface area contributed by atoms with Gasteiger partial charge in [0, 0.05) is 6.04 Å². The molecule has 14 heavy (non-hydrogen) atoms. The molecule has 1 aliphatic rings. The van der Waals surface area contributed by atoms with E-state index >= 15 is 0 Å². The van der Waals surface area contributed by atoms with E-state index in [1.165, 1.54) is 24.9 Å². The lowest BCUT2D eigenvalue weighted by Crippen LogP contribution is -2.19. The van der Waals surface area contributed by atoms with Crippen molar-refractivity contribution in [3.05, 3.63) is 42.0 Å². The van der Waals surface area contributed by atoms with Gasteiger partial charge in [0.05, 0.1) is 0 Å². The molecule has 0 aromatic heterocycles. The molecular formula is C13H17N. The lowest BCUT2D eigenvalue weighted by Gasteiger charge is -2.04. The highest BCUT2D eigenvalue weighted by Crippen LogP contribution is 2.10. The SMILES string of the molecule is C(=C/c1ccccc1)/CC1CCCN1. The lowest BCUT2D eigenvalue weighted by atomic mass is 10.1. The van der Waals surface area contributed by atoms with Crippen molar-refractivity contribution in [2.45, 2.75) is 25.3 Å². The molecule has 0 spiro atoms. The Morgan fingerprint density at radius 1 is 1.29 bits per heavy atom. The maximum absolute atomic E-state index is 3.49. The predicted octanol–water partition coefficient (Wildman–Crippen LogP) is 2.84. The first-order valence-corrected chi connectivity index (χ1v) is 5.40. The largest absolute Gasteiger partial charge is 0.314 e. The van der Waals surface area contributed by atoms with Gasteiger partial charge in [0.15, 0.2) is 0 Å². The molecule has 0 saturated carbocycles. The summed E-state index contributed by atoms with van der Waals surface area (Å²) in [6.07, 6.45) is 8.32. The molecule has 1 saturated heterocycles. The topological polar surface area (TPSA) is 12.0 Å². The Morgan fingerprint density at radius 3 is 2.86 bits per heavy atom. The van der Waals surface area contributed by atoms with Crippen LogP contribution in [0.4, 0.5) is 0 Å². The summed E-state index contributed by atoms with van der Waals surface area (Å²) in [6.45, 7) is 1.20. The van der Waals surface area contributed by atoms with Crippen LogP contribution in [0.25, 0.3) is 6.08 Å². The van der Waals surface area contributed by atoms with Gasteiger partial charge in [0.25, 0.3) is 0 Å². The van der Waals surface area contributed by atoms with Crippen molar-refractivity contribution in [3.63, 3.8) is 0 Å². The van der Waals surface area contributed by atoms with Crippen LogP contribution in [0.5, 0.6) is 0 Å². The Labute approximate surface area is 85.8 Å². The maximum Gasteiger partial charge on any atom is 0.0102 e. The van der Waals surface area contributed by atoms with Crippen LogP contribution in [-0.4, -0.2) is 12.6 Å². The molecule has 1 heteroatoms. The second kappa shape index (κ2) is 4.97. The summed E-state index contributed by atoms with van der Waals surface area (Å²) in [5.41, 5.74) is 1.30. The molecule has 1 N–H and O–H groups in total. The van der Waals surface area contributed by atoms with E-state index in [9.17, 15) is 0 Å². The molecule has 1 nitrogen and oxygen atoms in total. The Hall–Kier alpha value is -1.08. The highest BCUT2D eigenvalue weighted by atomic mass is 14.9. The first kappa shape index (κ1) is 9.47. The van der Waals surface area contributed by atoms with E-state index in [-0.39, 0.29) is 0 Å². The Bertz CT molecular complexity index is 283. The van der Waals surface area contributed by atoms with Crippen molar-refractivity contribution >= 4 is 6.08 Å². The van der Waals surface area contributed by atoms with Gasteiger partial charge >= 0.3 is 0 Å². The summed E-state index contributed by atoms with van der Waals surface area (Å²) in [4.78, 5) is 0. The Morgan fingerprint density at radius 2 is 2.14 bits per heavy atom.